The number of carbonyl (C=O) groups excluding carboxylic acids is 3. The number of aryl methyl sites for hydroxylation is 1. The van der Waals surface area contributed by atoms with Crippen molar-refractivity contribution >= 4 is 17.7 Å². The van der Waals surface area contributed by atoms with Crippen LogP contribution < -0.4 is 5.32 Å². The van der Waals surface area contributed by atoms with Crippen LogP contribution in [-0.4, -0.2) is 54.7 Å². The fraction of sp³-hybridized carbons (Fsp3) is 0.318. The Bertz CT molecular complexity index is 893. The lowest BCUT2D eigenvalue weighted by atomic mass is 10.1. The van der Waals surface area contributed by atoms with Crippen molar-refractivity contribution in [2.24, 2.45) is 0 Å². The molecular formula is C22H25N3O3. The molecule has 0 aromatic heterocycles. The van der Waals surface area contributed by atoms with Gasteiger partial charge in [0.25, 0.3) is 11.8 Å². The van der Waals surface area contributed by atoms with Crippen molar-refractivity contribution in [2.45, 2.75) is 19.4 Å². The zero-order valence-electron chi connectivity index (χ0n) is 16.4. The smallest absolute Gasteiger partial charge is 0.261 e. The largest absolute Gasteiger partial charge is 0.354 e. The van der Waals surface area contributed by atoms with Crippen LogP contribution in [0.4, 0.5) is 0 Å². The summed E-state index contributed by atoms with van der Waals surface area (Å²) in [6, 6.07) is 15.2. The van der Waals surface area contributed by atoms with Crippen molar-refractivity contribution in [1.29, 1.82) is 0 Å². The molecule has 0 spiro atoms. The van der Waals surface area contributed by atoms with Crippen LogP contribution in [0.5, 0.6) is 0 Å². The highest BCUT2D eigenvalue weighted by molar-refractivity contribution is 6.21. The summed E-state index contributed by atoms with van der Waals surface area (Å²) in [4.78, 5) is 40.4. The van der Waals surface area contributed by atoms with E-state index in [4.69, 9.17) is 0 Å². The molecule has 0 unspecified atom stereocenters. The molecule has 3 rings (SSSR count). The monoisotopic (exact) mass is 379 g/mol. The Labute approximate surface area is 165 Å². The van der Waals surface area contributed by atoms with Crippen molar-refractivity contribution in [3.8, 4) is 0 Å². The molecule has 28 heavy (non-hydrogen) atoms. The van der Waals surface area contributed by atoms with Gasteiger partial charge in [0, 0.05) is 19.5 Å². The molecule has 0 bridgehead atoms. The number of imide groups is 1. The average molecular weight is 379 g/mol. The molecule has 1 atom stereocenters. The number of benzene rings is 2. The Hall–Kier alpha value is -2.99. The molecule has 1 heterocycles. The number of likely N-dealkylation sites (N-methyl/N-ethyl adjacent to an activating group) is 1. The van der Waals surface area contributed by atoms with Gasteiger partial charge in [0.1, 0.15) is 0 Å². The summed E-state index contributed by atoms with van der Waals surface area (Å²) in [5, 5.41) is 2.92. The van der Waals surface area contributed by atoms with Crippen LogP contribution in [0.15, 0.2) is 48.5 Å². The van der Waals surface area contributed by atoms with Crippen LogP contribution in [0.3, 0.4) is 0 Å². The third-order valence-corrected chi connectivity index (χ3v) is 4.99. The number of carbonyl (C=O) groups is 3. The summed E-state index contributed by atoms with van der Waals surface area (Å²) in [5.41, 5.74) is 2.87. The predicted octanol–water partition coefficient (Wildman–Crippen LogP) is 2.40. The van der Waals surface area contributed by atoms with Gasteiger partial charge in [-0.05, 0) is 38.7 Å². The van der Waals surface area contributed by atoms with Gasteiger partial charge in [-0.15, -0.1) is 0 Å². The van der Waals surface area contributed by atoms with Crippen LogP contribution in [0.25, 0.3) is 0 Å². The number of hydrogen-bond acceptors (Lipinski definition) is 4. The Kier molecular flexibility index (Phi) is 5.90. The molecular weight excluding hydrogens is 354 g/mol. The number of rotatable bonds is 7. The van der Waals surface area contributed by atoms with Gasteiger partial charge >= 0.3 is 0 Å². The Morgan fingerprint density at radius 3 is 2.39 bits per heavy atom. The van der Waals surface area contributed by atoms with Gasteiger partial charge in [-0.2, -0.15) is 0 Å². The molecule has 0 aliphatic carbocycles. The summed E-state index contributed by atoms with van der Waals surface area (Å²) < 4.78 is 0. The van der Waals surface area contributed by atoms with Crippen molar-refractivity contribution in [3.63, 3.8) is 0 Å². The zero-order valence-corrected chi connectivity index (χ0v) is 16.4. The van der Waals surface area contributed by atoms with Gasteiger partial charge in [0.05, 0.1) is 17.2 Å². The molecule has 0 saturated heterocycles. The molecule has 1 aliphatic rings. The van der Waals surface area contributed by atoms with E-state index < -0.39 is 0 Å². The first-order chi connectivity index (χ1) is 13.4. The number of nitrogens with one attached hydrogen (secondary N) is 1. The van der Waals surface area contributed by atoms with Gasteiger partial charge < -0.3 is 10.2 Å². The van der Waals surface area contributed by atoms with E-state index in [2.05, 4.69) is 5.32 Å². The first kappa shape index (κ1) is 19.8. The van der Waals surface area contributed by atoms with E-state index >= 15 is 0 Å². The van der Waals surface area contributed by atoms with Crippen molar-refractivity contribution in [2.75, 3.05) is 27.2 Å². The topological polar surface area (TPSA) is 69.7 Å². The summed E-state index contributed by atoms with van der Waals surface area (Å²) in [5.74, 6) is -0.842. The highest BCUT2D eigenvalue weighted by Gasteiger charge is 2.35. The lowest BCUT2D eigenvalue weighted by Gasteiger charge is -2.25. The molecule has 0 saturated carbocycles. The quantitative estimate of drug-likeness (QED) is 0.750. The van der Waals surface area contributed by atoms with Crippen LogP contribution in [-0.2, 0) is 4.79 Å². The van der Waals surface area contributed by atoms with E-state index in [0.29, 0.717) is 17.7 Å². The lowest BCUT2D eigenvalue weighted by Crippen LogP contribution is -2.37. The van der Waals surface area contributed by atoms with Gasteiger partial charge in [0.15, 0.2) is 0 Å². The van der Waals surface area contributed by atoms with Gasteiger partial charge in [0.2, 0.25) is 5.91 Å². The number of nitrogens with zero attached hydrogens (tertiary/aromatic N) is 2. The van der Waals surface area contributed by atoms with E-state index in [9.17, 15) is 14.4 Å². The van der Waals surface area contributed by atoms with Crippen molar-refractivity contribution in [3.05, 3.63) is 70.8 Å². The summed E-state index contributed by atoms with van der Waals surface area (Å²) in [6.07, 6.45) is 0.0827. The normalized spacial score (nSPS) is 14.4. The molecule has 1 aliphatic heterocycles. The fourth-order valence-electron chi connectivity index (χ4n) is 3.39. The molecule has 0 fully saturated rings. The van der Waals surface area contributed by atoms with Crippen molar-refractivity contribution in [1.82, 2.24) is 15.1 Å². The maximum Gasteiger partial charge on any atom is 0.261 e. The number of hydrogen-bond donors (Lipinski definition) is 1. The summed E-state index contributed by atoms with van der Waals surface area (Å²) >= 11 is 0. The fourth-order valence-corrected chi connectivity index (χ4v) is 3.39. The van der Waals surface area contributed by atoms with E-state index in [0.717, 1.165) is 16.0 Å². The molecule has 146 valence electrons. The van der Waals surface area contributed by atoms with Gasteiger partial charge in [-0.3, -0.25) is 19.3 Å². The summed E-state index contributed by atoms with van der Waals surface area (Å²) in [7, 11) is 3.93. The molecule has 2 aromatic rings. The number of amides is 3. The van der Waals surface area contributed by atoms with E-state index in [1.165, 1.54) is 0 Å². The van der Waals surface area contributed by atoms with Crippen molar-refractivity contribution < 1.29 is 14.4 Å². The number of fused-ring (bicyclic) bond motifs is 1. The lowest BCUT2D eigenvalue weighted by molar-refractivity contribution is -0.121. The third-order valence-electron chi connectivity index (χ3n) is 4.99. The highest BCUT2D eigenvalue weighted by Crippen LogP contribution is 2.24. The molecule has 2 aromatic carbocycles. The minimum absolute atomic E-state index is 0.0485. The highest BCUT2D eigenvalue weighted by atomic mass is 16.2. The third kappa shape index (κ3) is 4.12. The first-order valence-corrected chi connectivity index (χ1v) is 9.33. The van der Waals surface area contributed by atoms with Crippen LogP contribution in [0.2, 0.25) is 0 Å². The average Bonchev–Trinajstić information content (AvgIpc) is 2.90. The second-order valence-corrected chi connectivity index (χ2v) is 7.26. The maximum atomic E-state index is 12.5. The molecule has 6 nitrogen and oxygen atoms in total. The predicted molar refractivity (Wildman–Crippen MR) is 107 cm³/mol. The second-order valence-electron chi connectivity index (χ2n) is 7.26. The minimum Gasteiger partial charge on any atom is -0.354 e. The van der Waals surface area contributed by atoms with Crippen LogP contribution in [0, 0.1) is 6.92 Å². The van der Waals surface area contributed by atoms with Crippen LogP contribution >= 0.6 is 0 Å². The molecule has 3 amide bonds. The Morgan fingerprint density at radius 1 is 1.04 bits per heavy atom. The van der Waals surface area contributed by atoms with Gasteiger partial charge in [-0.25, -0.2) is 0 Å². The minimum atomic E-state index is -0.330. The van der Waals surface area contributed by atoms with Gasteiger partial charge in [-0.1, -0.05) is 42.0 Å². The standard InChI is InChI=1S/C22H25N3O3/c1-15-9-10-17-18(13-15)22(28)25(21(17)27)12-11-20(26)23-14-19(24(2)3)16-7-5-4-6-8-16/h4-10,13,19H,11-12,14H2,1-3H3,(H,23,26)/t19-/m1/s1. The maximum absolute atomic E-state index is 12.5. The van der Waals surface area contributed by atoms with Crippen LogP contribution in [0.1, 0.15) is 44.3 Å². The molecule has 1 N–H and O–H groups in total. The van der Waals surface area contributed by atoms with E-state index in [1.807, 2.05) is 62.3 Å². The van der Waals surface area contributed by atoms with E-state index in [-0.39, 0.29) is 36.7 Å². The first-order valence-electron chi connectivity index (χ1n) is 9.33. The SMILES string of the molecule is Cc1ccc2c(c1)C(=O)N(CCC(=O)NC[C@H](c1ccccc1)N(C)C)C2=O. The second kappa shape index (κ2) is 8.35. The Balaban J connectivity index is 1.56. The molecule has 0 radical (unpaired) electrons. The zero-order chi connectivity index (χ0) is 20.3. The molecule has 6 heteroatoms. The Morgan fingerprint density at radius 2 is 1.71 bits per heavy atom. The summed E-state index contributed by atoms with van der Waals surface area (Å²) in [6.45, 7) is 2.41. The van der Waals surface area contributed by atoms with E-state index in [1.54, 1.807) is 12.1 Å².